The first-order valence-corrected chi connectivity index (χ1v) is 14.4. The fraction of sp³-hybridized carbons (Fsp3) is 0.714. The standard InChI is InChI=1S/C22H33N3O.3C2HF3O2/c1-2-20(10-23-8-1)14-26-15-21-13-25(12-19-5-6-19)17-22(21)7-9-24(16-22)11-18-3-4-18;3*3-2(4,5)1(6)7/h1-2,8,10,18-19,21H,3-7,9,11-17H2;3*(H,6,7)/t21-,22+;;;/m1.../s1. The summed E-state index contributed by atoms with van der Waals surface area (Å²) in [6, 6.07) is 4.11. The van der Waals surface area contributed by atoms with Crippen LogP contribution in [0.2, 0.25) is 0 Å². The number of aliphatic carboxylic acids is 3. The van der Waals surface area contributed by atoms with Crippen molar-refractivity contribution < 1.29 is 74.0 Å². The summed E-state index contributed by atoms with van der Waals surface area (Å²) in [5.41, 5.74) is 1.68. The predicted octanol–water partition coefficient (Wildman–Crippen LogP) is 4.94. The first-order valence-electron chi connectivity index (χ1n) is 14.4. The van der Waals surface area contributed by atoms with Crippen LogP contribution in [-0.4, -0.2) is 112 Å². The molecule has 2 aliphatic heterocycles. The molecule has 5 rings (SSSR count). The molecule has 0 bridgehead atoms. The lowest BCUT2D eigenvalue weighted by Gasteiger charge is -2.30. The zero-order valence-corrected chi connectivity index (χ0v) is 25.0. The van der Waals surface area contributed by atoms with E-state index in [0.717, 1.165) is 18.4 Å². The number of likely N-dealkylation sites (tertiary alicyclic amines) is 2. The summed E-state index contributed by atoms with van der Waals surface area (Å²) < 4.78 is 101. The van der Waals surface area contributed by atoms with E-state index in [9.17, 15) is 39.5 Å². The fourth-order valence-electron chi connectivity index (χ4n) is 5.25. The van der Waals surface area contributed by atoms with Crippen molar-refractivity contribution >= 4 is 17.9 Å². The number of aromatic nitrogens is 1. The molecule has 10 nitrogen and oxygen atoms in total. The molecule has 1 spiro atoms. The molecule has 1 aromatic rings. The Hall–Kier alpha value is -3.19. The average Bonchev–Trinajstić information content (AvgIpc) is 3.87. The van der Waals surface area contributed by atoms with Crippen molar-refractivity contribution in [3.8, 4) is 0 Å². The molecular weight excluding hydrogens is 661 g/mol. The Morgan fingerprint density at radius 3 is 1.66 bits per heavy atom. The highest BCUT2D eigenvalue weighted by molar-refractivity contribution is 5.73. The summed E-state index contributed by atoms with van der Waals surface area (Å²) in [6.45, 7) is 9.49. The number of nitrogens with zero attached hydrogens (tertiary/aromatic N) is 3. The molecule has 2 aliphatic carbocycles. The Morgan fingerprint density at radius 2 is 1.26 bits per heavy atom. The maximum absolute atomic E-state index is 10.6. The third kappa shape index (κ3) is 15.1. The number of hydrogen-bond donors (Lipinski definition) is 3. The molecule has 2 saturated carbocycles. The topological polar surface area (TPSA) is 140 Å². The van der Waals surface area contributed by atoms with Crippen LogP contribution in [0.1, 0.15) is 37.7 Å². The van der Waals surface area contributed by atoms with Crippen LogP contribution in [0.25, 0.3) is 0 Å². The van der Waals surface area contributed by atoms with Gasteiger partial charge in [0.2, 0.25) is 0 Å². The molecule has 2 saturated heterocycles. The Labute approximate surface area is 263 Å². The average molecular weight is 698 g/mol. The van der Waals surface area contributed by atoms with E-state index in [1.807, 2.05) is 18.5 Å². The van der Waals surface area contributed by atoms with E-state index in [4.69, 9.17) is 34.4 Å². The highest BCUT2D eigenvalue weighted by Crippen LogP contribution is 2.46. The van der Waals surface area contributed by atoms with Gasteiger partial charge < -0.3 is 29.9 Å². The van der Waals surface area contributed by atoms with Crippen molar-refractivity contribution in [3.05, 3.63) is 30.1 Å². The van der Waals surface area contributed by atoms with Gasteiger partial charge in [-0.3, -0.25) is 4.98 Å². The monoisotopic (exact) mass is 697 g/mol. The molecule has 2 atom stereocenters. The van der Waals surface area contributed by atoms with Crippen LogP contribution >= 0.6 is 0 Å². The maximum atomic E-state index is 10.6. The van der Waals surface area contributed by atoms with Crippen LogP contribution in [-0.2, 0) is 25.7 Å². The van der Waals surface area contributed by atoms with E-state index in [0.29, 0.717) is 17.9 Å². The van der Waals surface area contributed by atoms with Crippen LogP contribution in [0.4, 0.5) is 39.5 Å². The maximum Gasteiger partial charge on any atom is 0.490 e. The number of pyridine rings is 1. The zero-order chi connectivity index (χ0) is 35.6. The van der Waals surface area contributed by atoms with Crippen LogP contribution in [0.15, 0.2) is 24.5 Å². The molecule has 0 aromatic carbocycles. The van der Waals surface area contributed by atoms with Gasteiger partial charge in [0.15, 0.2) is 0 Å². The van der Waals surface area contributed by atoms with Crippen molar-refractivity contribution in [2.75, 3.05) is 45.9 Å². The number of carboxylic acids is 3. The number of alkyl halides is 9. The number of halogens is 9. The summed E-state index contributed by atoms with van der Waals surface area (Å²) in [4.78, 5) is 36.4. The minimum absolute atomic E-state index is 0.485. The van der Waals surface area contributed by atoms with Gasteiger partial charge in [0.05, 0.1) is 13.2 Å². The molecule has 4 fully saturated rings. The van der Waals surface area contributed by atoms with Crippen molar-refractivity contribution in [3.63, 3.8) is 0 Å². The highest BCUT2D eigenvalue weighted by Gasteiger charge is 2.51. The minimum atomic E-state index is -5.08. The van der Waals surface area contributed by atoms with E-state index < -0.39 is 36.4 Å². The number of rotatable bonds is 8. The summed E-state index contributed by atoms with van der Waals surface area (Å²) in [7, 11) is 0. The smallest absolute Gasteiger partial charge is 0.475 e. The molecule has 3 N–H and O–H groups in total. The second kappa shape index (κ2) is 16.8. The van der Waals surface area contributed by atoms with Gasteiger partial charge >= 0.3 is 36.4 Å². The van der Waals surface area contributed by atoms with Gasteiger partial charge in [-0.25, -0.2) is 14.4 Å². The Balaban J connectivity index is 0.000000301. The summed E-state index contributed by atoms with van der Waals surface area (Å²) in [5.74, 6) is -5.57. The quantitative estimate of drug-likeness (QED) is 0.320. The van der Waals surface area contributed by atoms with Crippen molar-refractivity contribution in [1.29, 1.82) is 0 Å². The van der Waals surface area contributed by atoms with Gasteiger partial charge in [-0.1, -0.05) is 6.07 Å². The Kier molecular flexibility index (Phi) is 14.3. The van der Waals surface area contributed by atoms with Crippen molar-refractivity contribution in [2.45, 2.75) is 57.2 Å². The summed E-state index contributed by atoms with van der Waals surface area (Å²) in [5, 5.41) is 21.4. The molecule has 0 unspecified atom stereocenters. The number of hydrogen-bond acceptors (Lipinski definition) is 7. The van der Waals surface area contributed by atoms with Crippen LogP contribution in [0.5, 0.6) is 0 Å². The number of ether oxygens (including phenoxy) is 1. The van der Waals surface area contributed by atoms with Crippen LogP contribution in [0, 0.1) is 23.2 Å². The predicted molar refractivity (Wildman–Crippen MR) is 144 cm³/mol. The zero-order valence-electron chi connectivity index (χ0n) is 25.0. The van der Waals surface area contributed by atoms with Crippen LogP contribution in [0.3, 0.4) is 0 Å². The van der Waals surface area contributed by atoms with Crippen LogP contribution < -0.4 is 0 Å². The van der Waals surface area contributed by atoms with Gasteiger partial charge in [0, 0.05) is 56.5 Å². The normalized spacial score (nSPS) is 23.1. The first-order chi connectivity index (χ1) is 21.6. The lowest BCUT2D eigenvalue weighted by Crippen LogP contribution is -2.37. The lowest BCUT2D eigenvalue weighted by molar-refractivity contribution is -0.193. The first kappa shape index (κ1) is 40.0. The Morgan fingerprint density at radius 1 is 0.809 bits per heavy atom. The lowest BCUT2D eigenvalue weighted by atomic mass is 9.77. The number of carbonyl (C=O) groups is 3. The highest BCUT2D eigenvalue weighted by atomic mass is 19.4. The summed E-state index contributed by atoms with van der Waals surface area (Å²) >= 11 is 0. The van der Waals surface area contributed by atoms with Gasteiger partial charge in [0.25, 0.3) is 0 Å². The largest absolute Gasteiger partial charge is 0.490 e. The third-order valence-electron chi connectivity index (χ3n) is 7.81. The fourth-order valence-corrected chi connectivity index (χ4v) is 5.25. The molecule has 0 amide bonds. The van der Waals surface area contributed by atoms with E-state index in [-0.39, 0.29) is 0 Å². The SMILES string of the molecule is O=C(O)C(F)(F)F.O=C(O)C(F)(F)F.O=C(O)C(F)(F)F.c1cncc(COC[C@H]2CN(CC3CC3)C[C@@]23CCN(CC2CC2)C3)c1. The summed E-state index contributed by atoms with van der Waals surface area (Å²) in [6.07, 6.45) is -4.26. The van der Waals surface area contributed by atoms with E-state index in [1.165, 1.54) is 76.9 Å². The van der Waals surface area contributed by atoms with Gasteiger partial charge in [-0.15, -0.1) is 0 Å². The van der Waals surface area contributed by atoms with Crippen molar-refractivity contribution in [2.24, 2.45) is 23.2 Å². The van der Waals surface area contributed by atoms with Gasteiger partial charge in [0.1, 0.15) is 0 Å². The molecule has 1 aromatic heterocycles. The minimum Gasteiger partial charge on any atom is -0.475 e. The second-order valence-corrected chi connectivity index (χ2v) is 11.9. The molecule has 3 heterocycles. The molecule has 47 heavy (non-hydrogen) atoms. The van der Waals surface area contributed by atoms with E-state index >= 15 is 0 Å². The molecule has 4 aliphatic rings. The second-order valence-electron chi connectivity index (χ2n) is 11.9. The van der Waals surface area contributed by atoms with Gasteiger partial charge in [-0.2, -0.15) is 39.5 Å². The van der Waals surface area contributed by atoms with Gasteiger partial charge in [-0.05, 0) is 62.1 Å². The molecular formula is C28H36F9N3O7. The molecule has 19 heteroatoms. The number of carboxylic acid groups (broad SMARTS) is 3. The van der Waals surface area contributed by atoms with E-state index in [2.05, 4.69) is 20.9 Å². The molecule has 268 valence electrons. The Bertz CT molecular complexity index is 1100. The van der Waals surface area contributed by atoms with E-state index in [1.54, 1.807) is 0 Å². The molecule has 0 radical (unpaired) electrons. The van der Waals surface area contributed by atoms with Crippen molar-refractivity contribution in [1.82, 2.24) is 14.8 Å². The third-order valence-corrected chi connectivity index (χ3v) is 7.81.